The monoisotopic (exact) mass is 406 g/mol. The number of aromatic nitrogens is 2. The molecule has 0 saturated heterocycles. The summed E-state index contributed by atoms with van der Waals surface area (Å²) < 4.78 is 5.71. The zero-order valence-corrected chi connectivity index (χ0v) is 16.9. The number of hydrogen-bond acceptors (Lipinski definition) is 6. The molecule has 1 aliphatic carbocycles. The third kappa shape index (κ3) is 4.37. The maximum absolute atomic E-state index is 13.0. The summed E-state index contributed by atoms with van der Waals surface area (Å²) in [7, 11) is 0. The molecule has 8 nitrogen and oxygen atoms in total. The van der Waals surface area contributed by atoms with Crippen LogP contribution < -0.4 is 0 Å². The van der Waals surface area contributed by atoms with Gasteiger partial charge in [0.15, 0.2) is 0 Å². The molecule has 1 amide bonds. The van der Waals surface area contributed by atoms with Crippen LogP contribution in [-0.4, -0.2) is 32.0 Å². The van der Waals surface area contributed by atoms with Gasteiger partial charge in [-0.05, 0) is 49.4 Å². The van der Waals surface area contributed by atoms with Gasteiger partial charge in [-0.1, -0.05) is 24.3 Å². The molecule has 0 atom stereocenters. The molecule has 1 fully saturated rings. The van der Waals surface area contributed by atoms with Gasteiger partial charge in [-0.25, -0.2) is 0 Å². The molecule has 1 heterocycles. The van der Waals surface area contributed by atoms with E-state index in [2.05, 4.69) is 10.2 Å². The van der Waals surface area contributed by atoms with Crippen molar-refractivity contribution < 1.29 is 14.1 Å². The summed E-state index contributed by atoms with van der Waals surface area (Å²) in [5.41, 5.74) is 3.77. The van der Waals surface area contributed by atoms with E-state index in [1.807, 2.05) is 32.0 Å². The second kappa shape index (κ2) is 8.06. The van der Waals surface area contributed by atoms with Crippen LogP contribution in [0.25, 0.3) is 11.5 Å². The Morgan fingerprint density at radius 1 is 1.17 bits per heavy atom. The van der Waals surface area contributed by atoms with Gasteiger partial charge in [0.05, 0.1) is 17.9 Å². The number of non-ortho nitro benzene ring substituents is 1. The van der Waals surface area contributed by atoms with E-state index in [9.17, 15) is 14.9 Å². The first-order valence-electron chi connectivity index (χ1n) is 9.83. The van der Waals surface area contributed by atoms with E-state index in [4.69, 9.17) is 4.42 Å². The van der Waals surface area contributed by atoms with E-state index in [1.54, 1.807) is 17.0 Å². The number of nitrogens with zero attached hydrogens (tertiary/aromatic N) is 4. The van der Waals surface area contributed by atoms with Crippen molar-refractivity contribution in [1.29, 1.82) is 0 Å². The van der Waals surface area contributed by atoms with Gasteiger partial charge >= 0.3 is 0 Å². The topological polar surface area (TPSA) is 102 Å². The molecule has 8 heteroatoms. The minimum absolute atomic E-state index is 0.0239. The Labute approximate surface area is 173 Å². The lowest BCUT2D eigenvalue weighted by Crippen LogP contribution is -2.34. The van der Waals surface area contributed by atoms with Crippen LogP contribution in [0.1, 0.15) is 35.4 Å². The molecule has 1 aromatic heterocycles. The lowest BCUT2D eigenvalue weighted by Gasteiger charge is -2.20. The van der Waals surface area contributed by atoms with Crippen molar-refractivity contribution in [2.75, 3.05) is 0 Å². The summed E-state index contributed by atoms with van der Waals surface area (Å²) >= 11 is 0. The van der Waals surface area contributed by atoms with Crippen LogP contribution in [0.5, 0.6) is 0 Å². The van der Waals surface area contributed by atoms with Crippen LogP contribution in [-0.2, 0) is 17.8 Å². The Hall–Kier alpha value is -3.55. The predicted molar refractivity (Wildman–Crippen MR) is 110 cm³/mol. The van der Waals surface area contributed by atoms with Crippen molar-refractivity contribution in [2.24, 2.45) is 0 Å². The average Bonchev–Trinajstić information content (AvgIpc) is 3.46. The van der Waals surface area contributed by atoms with Crippen molar-refractivity contribution in [3.63, 3.8) is 0 Å². The zero-order valence-electron chi connectivity index (χ0n) is 16.9. The number of rotatable bonds is 7. The molecule has 3 aromatic rings. The van der Waals surface area contributed by atoms with Crippen LogP contribution in [0.2, 0.25) is 0 Å². The molecule has 0 N–H and O–H groups in total. The molecule has 0 radical (unpaired) electrons. The van der Waals surface area contributed by atoms with Crippen molar-refractivity contribution in [3.8, 4) is 11.5 Å². The van der Waals surface area contributed by atoms with Crippen molar-refractivity contribution in [1.82, 2.24) is 15.1 Å². The highest BCUT2D eigenvalue weighted by Gasteiger charge is 2.33. The highest BCUT2D eigenvalue weighted by atomic mass is 16.6. The fraction of sp³-hybridized carbons (Fsp3) is 0.318. The summed E-state index contributed by atoms with van der Waals surface area (Å²) in [6, 6.07) is 12.3. The summed E-state index contributed by atoms with van der Waals surface area (Å²) in [5.74, 6) is 0.541. The second-order valence-electron chi connectivity index (χ2n) is 7.66. The summed E-state index contributed by atoms with van der Waals surface area (Å²) in [6.45, 7) is 4.32. The lowest BCUT2D eigenvalue weighted by molar-refractivity contribution is -0.384. The number of benzene rings is 2. The number of carbonyl (C=O) groups is 1. The number of amides is 1. The first-order valence-corrected chi connectivity index (χ1v) is 9.83. The highest BCUT2D eigenvalue weighted by Crippen LogP contribution is 2.30. The van der Waals surface area contributed by atoms with Gasteiger partial charge in [0.25, 0.3) is 5.69 Å². The van der Waals surface area contributed by atoms with Crippen LogP contribution >= 0.6 is 0 Å². The minimum Gasteiger partial charge on any atom is -0.419 e. The maximum atomic E-state index is 13.0. The van der Waals surface area contributed by atoms with Gasteiger partial charge < -0.3 is 9.32 Å². The lowest BCUT2D eigenvalue weighted by atomic mass is 10.0. The van der Waals surface area contributed by atoms with Gasteiger partial charge in [-0.3, -0.25) is 14.9 Å². The van der Waals surface area contributed by atoms with Gasteiger partial charge in [0.2, 0.25) is 17.7 Å². The van der Waals surface area contributed by atoms with Crippen molar-refractivity contribution in [2.45, 2.75) is 45.7 Å². The van der Waals surface area contributed by atoms with Crippen molar-refractivity contribution in [3.05, 3.63) is 75.2 Å². The smallest absolute Gasteiger partial charge is 0.270 e. The van der Waals surface area contributed by atoms with Crippen LogP contribution in [0, 0.1) is 24.0 Å². The van der Waals surface area contributed by atoms with E-state index in [-0.39, 0.29) is 30.1 Å². The molecule has 1 saturated carbocycles. The molecular weight excluding hydrogens is 384 g/mol. The van der Waals surface area contributed by atoms with Crippen LogP contribution in [0.4, 0.5) is 5.69 Å². The van der Waals surface area contributed by atoms with E-state index in [0.29, 0.717) is 17.9 Å². The van der Waals surface area contributed by atoms with E-state index >= 15 is 0 Å². The fourth-order valence-corrected chi connectivity index (χ4v) is 3.33. The van der Waals surface area contributed by atoms with Crippen molar-refractivity contribution >= 4 is 11.6 Å². The Bertz CT molecular complexity index is 1100. The van der Waals surface area contributed by atoms with E-state index in [1.165, 1.54) is 17.7 Å². The SMILES string of the molecule is Cc1ccc(CC(=O)N(Cc2nnc(-c3cccc([N+](=O)[O-])c3)o2)C2CC2)cc1C. The summed E-state index contributed by atoms with van der Waals surface area (Å²) in [4.78, 5) is 25.2. The third-order valence-corrected chi connectivity index (χ3v) is 5.31. The quantitative estimate of drug-likeness (QED) is 0.434. The molecular formula is C22H22N4O4. The van der Waals surface area contributed by atoms with E-state index in [0.717, 1.165) is 24.0 Å². The Morgan fingerprint density at radius 2 is 1.97 bits per heavy atom. The number of nitro groups is 1. The molecule has 154 valence electrons. The Morgan fingerprint density at radius 3 is 2.67 bits per heavy atom. The molecule has 4 rings (SSSR count). The van der Waals surface area contributed by atoms with Gasteiger partial charge in [0, 0.05) is 23.7 Å². The molecule has 1 aliphatic rings. The molecule has 2 aromatic carbocycles. The first kappa shape index (κ1) is 19.8. The summed E-state index contributed by atoms with van der Waals surface area (Å²) in [6.07, 6.45) is 2.25. The van der Waals surface area contributed by atoms with Gasteiger partial charge in [-0.2, -0.15) is 0 Å². The molecule has 0 spiro atoms. The predicted octanol–water partition coefficient (Wildman–Crippen LogP) is 4.00. The Balaban J connectivity index is 1.49. The number of aryl methyl sites for hydroxylation is 2. The van der Waals surface area contributed by atoms with Crippen LogP contribution in [0.3, 0.4) is 0 Å². The molecule has 0 bridgehead atoms. The standard InChI is InChI=1S/C22H22N4O4/c1-14-6-7-16(10-15(14)2)11-21(27)25(18-8-9-18)13-20-23-24-22(30-20)17-4-3-5-19(12-17)26(28)29/h3-7,10,12,18H,8-9,11,13H2,1-2H3. The zero-order chi connectivity index (χ0) is 21.3. The maximum Gasteiger partial charge on any atom is 0.270 e. The second-order valence-corrected chi connectivity index (χ2v) is 7.66. The number of hydrogen-bond donors (Lipinski definition) is 0. The first-order chi connectivity index (χ1) is 14.4. The number of carbonyl (C=O) groups excluding carboxylic acids is 1. The summed E-state index contributed by atoms with van der Waals surface area (Å²) in [5, 5.41) is 19.0. The van der Waals surface area contributed by atoms with Crippen LogP contribution in [0.15, 0.2) is 46.9 Å². The van der Waals surface area contributed by atoms with Gasteiger partial charge in [0.1, 0.15) is 0 Å². The Kier molecular flexibility index (Phi) is 5.31. The van der Waals surface area contributed by atoms with E-state index < -0.39 is 4.92 Å². The minimum atomic E-state index is -0.471. The fourth-order valence-electron chi connectivity index (χ4n) is 3.33. The normalized spacial score (nSPS) is 13.3. The largest absolute Gasteiger partial charge is 0.419 e. The molecule has 0 unspecified atom stereocenters. The number of nitro benzene ring substituents is 1. The van der Waals surface area contributed by atoms with Gasteiger partial charge in [-0.15, -0.1) is 10.2 Å². The molecule has 0 aliphatic heterocycles. The molecule has 30 heavy (non-hydrogen) atoms. The highest BCUT2D eigenvalue weighted by molar-refractivity contribution is 5.79. The average molecular weight is 406 g/mol. The third-order valence-electron chi connectivity index (χ3n) is 5.31.